The summed E-state index contributed by atoms with van der Waals surface area (Å²) in [6.45, 7) is 6.99. The highest BCUT2D eigenvalue weighted by atomic mass is 16.3. The van der Waals surface area contributed by atoms with Crippen molar-refractivity contribution in [2.75, 3.05) is 6.54 Å². The molecule has 1 rings (SSSR count). The van der Waals surface area contributed by atoms with E-state index in [2.05, 4.69) is 31.2 Å². The van der Waals surface area contributed by atoms with Crippen LogP contribution in [0, 0.1) is 5.92 Å². The van der Waals surface area contributed by atoms with E-state index >= 15 is 0 Å². The fraction of sp³-hybridized carbons (Fsp3) is 0.769. The van der Waals surface area contributed by atoms with Gasteiger partial charge in [0, 0.05) is 25.8 Å². The first-order valence-electron chi connectivity index (χ1n) is 6.49. The molecular weight excluding hydrogens is 214 g/mol. The van der Waals surface area contributed by atoms with E-state index in [-0.39, 0.29) is 12.1 Å². The van der Waals surface area contributed by atoms with Gasteiger partial charge in [-0.05, 0) is 18.9 Å². The summed E-state index contributed by atoms with van der Waals surface area (Å²) in [5.74, 6) is 0.390. The Labute approximate surface area is 104 Å². The highest BCUT2D eigenvalue weighted by molar-refractivity contribution is 5.05. The molecule has 1 aromatic rings. The van der Waals surface area contributed by atoms with E-state index in [4.69, 9.17) is 0 Å². The molecule has 0 amide bonds. The Bertz CT molecular complexity index is 320. The second kappa shape index (κ2) is 6.77. The van der Waals surface area contributed by atoms with Crippen molar-refractivity contribution in [1.82, 2.24) is 15.1 Å². The lowest BCUT2D eigenvalue weighted by Crippen LogP contribution is -2.34. The molecule has 98 valence electrons. The minimum absolute atomic E-state index is 0.214. The molecule has 0 aliphatic heterocycles. The van der Waals surface area contributed by atoms with Crippen LogP contribution in [0.15, 0.2) is 12.3 Å². The molecule has 0 bridgehead atoms. The van der Waals surface area contributed by atoms with Gasteiger partial charge in [0.15, 0.2) is 0 Å². The van der Waals surface area contributed by atoms with Crippen LogP contribution in [0.4, 0.5) is 0 Å². The van der Waals surface area contributed by atoms with E-state index in [1.165, 1.54) is 0 Å². The predicted octanol–water partition coefficient (Wildman–Crippen LogP) is 1.87. The summed E-state index contributed by atoms with van der Waals surface area (Å²) in [7, 11) is 1.94. The largest absolute Gasteiger partial charge is 0.392 e. The van der Waals surface area contributed by atoms with E-state index in [1.54, 1.807) is 6.20 Å². The van der Waals surface area contributed by atoms with Crippen LogP contribution < -0.4 is 5.32 Å². The molecule has 1 heterocycles. The van der Waals surface area contributed by atoms with E-state index < -0.39 is 0 Å². The fourth-order valence-electron chi connectivity index (χ4n) is 2.21. The minimum Gasteiger partial charge on any atom is -0.392 e. The number of aliphatic hydroxyl groups is 1. The molecule has 2 unspecified atom stereocenters. The zero-order valence-electron chi connectivity index (χ0n) is 11.3. The summed E-state index contributed by atoms with van der Waals surface area (Å²) < 4.78 is 1.86. The highest BCUT2D eigenvalue weighted by Crippen LogP contribution is 2.14. The summed E-state index contributed by atoms with van der Waals surface area (Å²) in [6, 6.07) is 2.22. The Morgan fingerprint density at radius 3 is 2.53 bits per heavy atom. The number of aryl methyl sites for hydroxylation is 1. The van der Waals surface area contributed by atoms with Crippen molar-refractivity contribution in [3.8, 4) is 0 Å². The Morgan fingerprint density at radius 1 is 1.41 bits per heavy atom. The molecule has 0 aliphatic carbocycles. The maximum Gasteiger partial charge on any atom is 0.0692 e. The van der Waals surface area contributed by atoms with Crippen molar-refractivity contribution in [2.45, 2.75) is 45.8 Å². The minimum atomic E-state index is -0.263. The van der Waals surface area contributed by atoms with E-state index in [9.17, 15) is 5.11 Å². The average Bonchev–Trinajstić information content (AvgIpc) is 2.74. The van der Waals surface area contributed by atoms with Crippen molar-refractivity contribution in [2.24, 2.45) is 13.0 Å². The van der Waals surface area contributed by atoms with Gasteiger partial charge in [0.2, 0.25) is 0 Å². The van der Waals surface area contributed by atoms with Crippen LogP contribution in [0.1, 0.15) is 45.3 Å². The van der Waals surface area contributed by atoms with Gasteiger partial charge < -0.3 is 10.4 Å². The summed E-state index contributed by atoms with van der Waals surface area (Å²) in [5.41, 5.74) is 1.14. The van der Waals surface area contributed by atoms with Crippen molar-refractivity contribution >= 4 is 0 Å². The monoisotopic (exact) mass is 239 g/mol. The van der Waals surface area contributed by atoms with Crippen LogP contribution in [0.25, 0.3) is 0 Å². The molecule has 4 heteroatoms. The molecule has 1 aromatic heterocycles. The van der Waals surface area contributed by atoms with Crippen molar-refractivity contribution in [3.05, 3.63) is 18.0 Å². The lowest BCUT2D eigenvalue weighted by molar-refractivity contribution is 0.0986. The SMILES string of the molecule is CCC(CC)C(O)CNC(C)c1ccnn1C. The van der Waals surface area contributed by atoms with E-state index in [1.807, 2.05) is 17.8 Å². The number of aromatic nitrogens is 2. The Morgan fingerprint density at radius 2 is 2.06 bits per heavy atom. The number of nitrogens with one attached hydrogen (secondary N) is 1. The molecule has 2 N–H and O–H groups in total. The van der Waals surface area contributed by atoms with Gasteiger partial charge in [0.05, 0.1) is 11.8 Å². The van der Waals surface area contributed by atoms with Gasteiger partial charge in [0.1, 0.15) is 0 Å². The van der Waals surface area contributed by atoms with Gasteiger partial charge in [0.25, 0.3) is 0 Å². The van der Waals surface area contributed by atoms with E-state index in [0.29, 0.717) is 12.5 Å². The third-order valence-electron chi connectivity index (χ3n) is 3.53. The van der Waals surface area contributed by atoms with Crippen molar-refractivity contribution in [3.63, 3.8) is 0 Å². The number of rotatable bonds is 7. The van der Waals surface area contributed by atoms with Crippen LogP contribution in [-0.4, -0.2) is 27.5 Å². The third-order valence-corrected chi connectivity index (χ3v) is 3.53. The number of hydrogen-bond acceptors (Lipinski definition) is 3. The number of aliphatic hydroxyl groups excluding tert-OH is 1. The Balaban J connectivity index is 2.43. The molecular formula is C13H25N3O. The first-order valence-corrected chi connectivity index (χ1v) is 6.49. The van der Waals surface area contributed by atoms with Crippen LogP contribution in [0.3, 0.4) is 0 Å². The third kappa shape index (κ3) is 3.82. The predicted molar refractivity (Wildman–Crippen MR) is 69.7 cm³/mol. The normalized spacial score (nSPS) is 15.2. The Hall–Kier alpha value is -0.870. The van der Waals surface area contributed by atoms with Crippen molar-refractivity contribution in [1.29, 1.82) is 0 Å². The summed E-state index contributed by atoms with van der Waals surface area (Å²) in [5, 5.41) is 17.6. The number of nitrogens with zero attached hydrogens (tertiary/aromatic N) is 2. The fourth-order valence-corrected chi connectivity index (χ4v) is 2.21. The van der Waals surface area contributed by atoms with Gasteiger partial charge >= 0.3 is 0 Å². The second-order valence-corrected chi connectivity index (χ2v) is 4.65. The molecule has 0 fully saturated rings. The topological polar surface area (TPSA) is 50.1 Å². The van der Waals surface area contributed by atoms with Crippen LogP contribution >= 0.6 is 0 Å². The number of hydrogen-bond donors (Lipinski definition) is 2. The van der Waals surface area contributed by atoms with Crippen molar-refractivity contribution < 1.29 is 5.11 Å². The van der Waals surface area contributed by atoms with Gasteiger partial charge in [-0.15, -0.1) is 0 Å². The molecule has 0 aliphatic rings. The zero-order chi connectivity index (χ0) is 12.8. The highest BCUT2D eigenvalue weighted by Gasteiger charge is 2.17. The van der Waals surface area contributed by atoms with Crippen LogP contribution in [0.5, 0.6) is 0 Å². The van der Waals surface area contributed by atoms with Crippen LogP contribution in [0.2, 0.25) is 0 Å². The molecule has 0 radical (unpaired) electrons. The van der Waals surface area contributed by atoms with Gasteiger partial charge in [-0.3, -0.25) is 4.68 Å². The maximum absolute atomic E-state index is 10.0. The molecule has 2 atom stereocenters. The first-order chi connectivity index (χ1) is 8.10. The van der Waals surface area contributed by atoms with Gasteiger partial charge in [-0.1, -0.05) is 26.7 Å². The smallest absolute Gasteiger partial charge is 0.0692 e. The van der Waals surface area contributed by atoms with E-state index in [0.717, 1.165) is 18.5 Å². The van der Waals surface area contributed by atoms with Crippen LogP contribution in [-0.2, 0) is 7.05 Å². The zero-order valence-corrected chi connectivity index (χ0v) is 11.3. The lowest BCUT2D eigenvalue weighted by atomic mass is 9.96. The first kappa shape index (κ1) is 14.2. The van der Waals surface area contributed by atoms with Gasteiger partial charge in [-0.2, -0.15) is 5.10 Å². The summed E-state index contributed by atoms with van der Waals surface area (Å²) in [6.07, 6.45) is 3.59. The summed E-state index contributed by atoms with van der Waals surface area (Å²) >= 11 is 0. The molecule has 0 saturated carbocycles. The Kier molecular flexibility index (Phi) is 5.65. The quantitative estimate of drug-likeness (QED) is 0.763. The molecule has 17 heavy (non-hydrogen) atoms. The molecule has 0 aromatic carbocycles. The standard InChI is InChI=1S/C13H25N3O/c1-5-11(6-2)13(17)9-14-10(3)12-7-8-15-16(12)4/h7-8,10-11,13-14,17H,5-6,9H2,1-4H3. The molecule has 4 nitrogen and oxygen atoms in total. The second-order valence-electron chi connectivity index (χ2n) is 4.65. The molecule has 0 saturated heterocycles. The molecule has 0 spiro atoms. The summed E-state index contributed by atoms with van der Waals surface area (Å²) in [4.78, 5) is 0. The lowest BCUT2D eigenvalue weighted by Gasteiger charge is -2.22. The average molecular weight is 239 g/mol. The van der Waals surface area contributed by atoms with Gasteiger partial charge in [-0.25, -0.2) is 0 Å². The maximum atomic E-state index is 10.0.